The fourth-order valence-electron chi connectivity index (χ4n) is 2.83. The number of rotatable bonds is 2. The van der Waals surface area contributed by atoms with Crippen molar-refractivity contribution in [3.8, 4) is 0 Å². The molecule has 0 bridgehead atoms. The van der Waals surface area contributed by atoms with Gasteiger partial charge in [0.2, 0.25) is 11.9 Å². The Labute approximate surface area is 131 Å². The van der Waals surface area contributed by atoms with Gasteiger partial charge in [-0.05, 0) is 29.8 Å². The first-order chi connectivity index (χ1) is 10.7. The first-order valence-corrected chi connectivity index (χ1v) is 7.36. The fourth-order valence-corrected chi connectivity index (χ4v) is 2.95. The summed E-state index contributed by atoms with van der Waals surface area (Å²) in [7, 11) is 0. The van der Waals surface area contributed by atoms with Crippen molar-refractivity contribution in [3.05, 3.63) is 59.0 Å². The minimum Gasteiger partial charge on any atom is -0.467 e. The van der Waals surface area contributed by atoms with E-state index in [1.807, 2.05) is 36.4 Å². The van der Waals surface area contributed by atoms with Crippen molar-refractivity contribution >= 4 is 23.5 Å². The highest BCUT2D eigenvalue weighted by atomic mass is 35.5. The second kappa shape index (κ2) is 5.06. The molecule has 2 aromatic heterocycles. The minimum atomic E-state index is -0.0447. The molecule has 112 valence electrons. The van der Waals surface area contributed by atoms with Gasteiger partial charge in [-0.2, -0.15) is 4.98 Å². The maximum atomic E-state index is 5.97. The second-order valence-corrected chi connectivity index (χ2v) is 5.69. The Hall–Kier alpha value is -2.47. The molecule has 0 amide bonds. The highest BCUT2D eigenvalue weighted by Crippen LogP contribution is 2.38. The van der Waals surface area contributed by atoms with Gasteiger partial charge in [0.05, 0.1) is 12.3 Å². The molecule has 3 aromatic rings. The van der Waals surface area contributed by atoms with Crippen LogP contribution in [0.15, 0.2) is 47.1 Å². The Kier molecular flexibility index (Phi) is 3.04. The van der Waals surface area contributed by atoms with E-state index in [4.69, 9.17) is 21.8 Å². The van der Waals surface area contributed by atoms with Crippen LogP contribution >= 0.6 is 11.6 Å². The summed E-state index contributed by atoms with van der Waals surface area (Å²) < 4.78 is 7.34. The summed E-state index contributed by atoms with van der Waals surface area (Å²) in [6, 6.07) is 11.6. The molecule has 22 heavy (non-hydrogen) atoms. The molecule has 0 radical (unpaired) electrons. The van der Waals surface area contributed by atoms with Gasteiger partial charge in [0.15, 0.2) is 0 Å². The van der Waals surface area contributed by atoms with Gasteiger partial charge in [0, 0.05) is 11.4 Å². The summed E-state index contributed by atoms with van der Waals surface area (Å²) in [4.78, 5) is 4.26. The summed E-state index contributed by atoms with van der Waals surface area (Å²) in [5, 5.41) is 8.36. The third-order valence-electron chi connectivity index (χ3n) is 3.85. The number of fused-ring (bicyclic) bond motifs is 1. The van der Waals surface area contributed by atoms with Gasteiger partial charge in [-0.25, -0.2) is 4.68 Å². The number of aromatic nitrogens is 3. The quantitative estimate of drug-likeness (QED) is 0.758. The zero-order valence-electron chi connectivity index (χ0n) is 11.6. The van der Waals surface area contributed by atoms with E-state index in [-0.39, 0.29) is 18.0 Å². The molecular weight excluding hydrogens is 302 g/mol. The van der Waals surface area contributed by atoms with Gasteiger partial charge in [-0.3, -0.25) is 0 Å². The van der Waals surface area contributed by atoms with Crippen molar-refractivity contribution in [2.45, 2.75) is 18.5 Å². The van der Waals surface area contributed by atoms with Gasteiger partial charge in [-0.15, -0.1) is 5.10 Å². The highest BCUT2D eigenvalue weighted by molar-refractivity contribution is 6.30. The molecule has 1 aromatic carbocycles. The largest absolute Gasteiger partial charge is 0.467 e. The van der Waals surface area contributed by atoms with Crippen LogP contribution in [-0.2, 0) is 0 Å². The van der Waals surface area contributed by atoms with E-state index in [2.05, 4.69) is 15.4 Å². The average Bonchev–Trinajstić information content (AvgIpc) is 3.15. The number of hydrogen-bond donors (Lipinski definition) is 2. The Morgan fingerprint density at radius 1 is 1.27 bits per heavy atom. The number of hydrogen-bond acceptors (Lipinski definition) is 5. The summed E-state index contributed by atoms with van der Waals surface area (Å²) in [6.45, 7) is 0. The fraction of sp³-hybridized carbons (Fsp3) is 0.200. The molecule has 1 aliphatic rings. The summed E-state index contributed by atoms with van der Waals surface area (Å²) in [5.41, 5.74) is 6.88. The molecular formula is C15H14ClN5O. The lowest BCUT2D eigenvalue weighted by atomic mass is 9.96. The lowest BCUT2D eigenvalue weighted by Crippen LogP contribution is -2.27. The first-order valence-electron chi connectivity index (χ1n) is 6.98. The van der Waals surface area contributed by atoms with Crippen molar-refractivity contribution in [2.75, 3.05) is 11.1 Å². The van der Waals surface area contributed by atoms with Crippen molar-refractivity contribution < 1.29 is 4.42 Å². The predicted molar refractivity (Wildman–Crippen MR) is 83.7 cm³/mol. The van der Waals surface area contributed by atoms with Gasteiger partial charge < -0.3 is 15.5 Å². The molecule has 0 unspecified atom stereocenters. The van der Waals surface area contributed by atoms with Crippen LogP contribution in [0.2, 0.25) is 5.02 Å². The molecule has 0 aliphatic carbocycles. The molecule has 0 spiro atoms. The molecule has 0 fully saturated rings. The van der Waals surface area contributed by atoms with Crippen molar-refractivity contribution in [1.82, 2.24) is 14.8 Å². The van der Waals surface area contributed by atoms with Crippen LogP contribution in [0.25, 0.3) is 0 Å². The number of nitrogens with one attached hydrogen (secondary N) is 1. The van der Waals surface area contributed by atoms with Crippen molar-refractivity contribution in [3.63, 3.8) is 0 Å². The van der Waals surface area contributed by atoms with E-state index < -0.39 is 0 Å². The van der Waals surface area contributed by atoms with Crippen LogP contribution < -0.4 is 11.1 Å². The third-order valence-corrected chi connectivity index (χ3v) is 4.10. The van der Waals surface area contributed by atoms with Crippen LogP contribution in [0.4, 0.5) is 11.9 Å². The molecule has 2 atom stereocenters. The van der Waals surface area contributed by atoms with Gasteiger partial charge in [-0.1, -0.05) is 23.7 Å². The Morgan fingerprint density at radius 2 is 2.09 bits per heavy atom. The average molecular weight is 316 g/mol. The molecule has 0 saturated heterocycles. The van der Waals surface area contributed by atoms with E-state index >= 15 is 0 Å². The first kappa shape index (κ1) is 13.2. The molecule has 6 nitrogen and oxygen atoms in total. The summed E-state index contributed by atoms with van der Waals surface area (Å²) in [6.07, 6.45) is 2.44. The molecule has 7 heteroatoms. The Morgan fingerprint density at radius 3 is 2.82 bits per heavy atom. The Balaban J connectivity index is 1.74. The lowest BCUT2D eigenvalue weighted by molar-refractivity contribution is 0.359. The maximum Gasteiger partial charge on any atom is 0.241 e. The SMILES string of the molecule is Nc1nc2n(n1)[C@H](c1ccco1)C[C@@H](c1ccc(Cl)cc1)N2. The lowest BCUT2D eigenvalue weighted by Gasteiger charge is -2.30. The van der Waals surface area contributed by atoms with Gasteiger partial charge in [0.1, 0.15) is 11.8 Å². The van der Waals surface area contributed by atoms with Gasteiger partial charge in [0.25, 0.3) is 0 Å². The molecule has 3 heterocycles. The normalized spacial score (nSPS) is 20.4. The van der Waals surface area contributed by atoms with Crippen LogP contribution in [0.3, 0.4) is 0 Å². The number of halogens is 1. The molecule has 0 saturated carbocycles. The summed E-state index contributed by atoms with van der Waals surface area (Å²) in [5.74, 6) is 1.73. The predicted octanol–water partition coefficient (Wildman–Crippen LogP) is 3.25. The zero-order valence-corrected chi connectivity index (χ0v) is 12.4. The second-order valence-electron chi connectivity index (χ2n) is 5.25. The van der Waals surface area contributed by atoms with Crippen LogP contribution in [-0.4, -0.2) is 14.8 Å². The van der Waals surface area contributed by atoms with E-state index in [0.29, 0.717) is 5.95 Å². The van der Waals surface area contributed by atoms with E-state index in [1.165, 1.54) is 0 Å². The van der Waals surface area contributed by atoms with Crippen LogP contribution in [0, 0.1) is 0 Å². The van der Waals surface area contributed by atoms with Gasteiger partial charge >= 0.3 is 0 Å². The van der Waals surface area contributed by atoms with Crippen LogP contribution in [0.5, 0.6) is 0 Å². The number of nitrogens with zero attached hydrogens (tertiary/aromatic N) is 3. The monoisotopic (exact) mass is 315 g/mol. The topological polar surface area (TPSA) is 81.9 Å². The number of furan rings is 1. The number of nitrogen functional groups attached to an aromatic ring is 1. The zero-order chi connectivity index (χ0) is 15.1. The molecule has 1 aliphatic heterocycles. The standard InChI is InChI=1S/C15H14ClN5O/c16-10-5-3-9(4-6-10)11-8-12(13-2-1-7-22-13)21-15(18-11)19-14(17)20-21/h1-7,11-12H,8H2,(H3,17,18,19,20)/t11-,12-/m0/s1. The smallest absolute Gasteiger partial charge is 0.241 e. The third kappa shape index (κ3) is 2.21. The van der Waals surface area contributed by atoms with Crippen molar-refractivity contribution in [1.29, 1.82) is 0 Å². The molecule has 3 N–H and O–H groups in total. The van der Waals surface area contributed by atoms with Crippen LogP contribution in [0.1, 0.15) is 29.8 Å². The van der Waals surface area contributed by atoms with Crippen molar-refractivity contribution in [2.24, 2.45) is 0 Å². The Bertz CT molecular complexity index is 781. The maximum absolute atomic E-state index is 5.97. The van der Waals surface area contributed by atoms with E-state index in [1.54, 1.807) is 10.9 Å². The number of benzene rings is 1. The minimum absolute atomic E-state index is 0.0447. The number of anilines is 2. The highest BCUT2D eigenvalue weighted by Gasteiger charge is 2.32. The molecule has 4 rings (SSSR count). The summed E-state index contributed by atoms with van der Waals surface area (Å²) >= 11 is 5.97. The van der Waals surface area contributed by atoms with E-state index in [0.717, 1.165) is 22.8 Å². The van der Waals surface area contributed by atoms with E-state index in [9.17, 15) is 0 Å². The number of nitrogens with two attached hydrogens (primary N) is 1.